The standard InChI is InChI=1S/C52H31N3S/c1-2-14-32(15-3-1)49-53-50(55-51(54-49)40-22-13-27-47-48(40)39-21-7-11-26-46(39)56-47)35-17-12-16-33(30-35)34-28-29-45-41(31-34)38-20-6-10-25-44(38)52(45)42-23-8-4-18-36(42)37-19-5-9-24-43(37)52/h1-31H. The van der Waals surface area contributed by atoms with Crippen molar-refractivity contribution in [2.24, 2.45) is 0 Å². The van der Waals surface area contributed by atoms with Crippen LogP contribution in [0.5, 0.6) is 0 Å². The molecule has 0 unspecified atom stereocenters. The molecule has 260 valence electrons. The predicted molar refractivity (Wildman–Crippen MR) is 231 cm³/mol. The molecule has 0 saturated heterocycles. The van der Waals surface area contributed by atoms with E-state index in [0.29, 0.717) is 17.5 Å². The molecule has 10 aromatic rings. The molecule has 0 aliphatic heterocycles. The molecule has 56 heavy (non-hydrogen) atoms. The van der Waals surface area contributed by atoms with E-state index in [9.17, 15) is 0 Å². The molecule has 0 atom stereocenters. The molecule has 0 amide bonds. The minimum atomic E-state index is -0.356. The van der Waals surface area contributed by atoms with Crippen molar-refractivity contribution >= 4 is 31.5 Å². The van der Waals surface area contributed by atoms with Crippen LogP contribution >= 0.6 is 11.3 Å². The van der Waals surface area contributed by atoms with Crippen LogP contribution in [0.1, 0.15) is 22.3 Å². The molecular formula is C52H31N3S. The van der Waals surface area contributed by atoms with Gasteiger partial charge in [0.05, 0.1) is 5.41 Å². The van der Waals surface area contributed by atoms with Crippen LogP contribution in [0, 0.1) is 0 Å². The molecular weight excluding hydrogens is 699 g/mol. The van der Waals surface area contributed by atoms with E-state index in [-0.39, 0.29) is 5.41 Å². The molecule has 3 nitrogen and oxygen atoms in total. The zero-order valence-corrected chi connectivity index (χ0v) is 31.0. The van der Waals surface area contributed by atoms with Crippen molar-refractivity contribution in [2.75, 3.05) is 0 Å². The molecule has 4 heteroatoms. The fourth-order valence-corrected chi connectivity index (χ4v) is 10.6. The lowest BCUT2D eigenvalue weighted by Crippen LogP contribution is -2.25. The third-order valence-electron chi connectivity index (χ3n) is 11.8. The highest BCUT2D eigenvalue weighted by Crippen LogP contribution is 2.63. The van der Waals surface area contributed by atoms with Gasteiger partial charge in [-0.15, -0.1) is 11.3 Å². The van der Waals surface area contributed by atoms with Crippen molar-refractivity contribution < 1.29 is 0 Å². The Labute approximate surface area is 328 Å². The van der Waals surface area contributed by atoms with E-state index in [2.05, 4.69) is 170 Å². The fraction of sp³-hybridized carbons (Fsp3) is 0.0192. The Morgan fingerprint density at radius 2 is 0.821 bits per heavy atom. The maximum atomic E-state index is 5.23. The highest BCUT2D eigenvalue weighted by atomic mass is 32.1. The Balaban J connectivity index is 1.03. The van der Waals surface area contributed by atoms with E-state index >= 15 is 0 Å². The Kier molecular flexibility index (Phi) is 6.72. The topological polar surface area (TPSA) is 38.7 Å². The molecule has 2 aromatic heterocycles. The quantitative estimate of drug-likeness (QED) is 0.181. The summed E-state index contributed by atoms with van der Waals surface area (Å²) in [4.78, 5) is 15.5. The van der Waals surface area contributed by atoms with Crippen molar-refractivity contribution in [1.29, 1.82) is 0 Å². The summed E-state index contributed by atoms with van der Waals surface area (Å²) < 4.78 is 2.47. The Bertz CT molecular complexity index is 3170. The average Bonchev–Trinajstić information content (AvgIpc) is 3.91. The molecule has 0 fully saturated rings. The molecule has 8 aromatic carbocycles. The minimum Gasteiger partial charge on any atom is -0.208 e. The number of nitrogens with zero attached hydrogens (tertiary/aromatic N) is 3. The summed E-state index contributed by atoms with van der Waals surface area (Å²) in [6, 6.07) is 67.9. The molecule has 0 bridgehead atoms. The number of hydrogen-bond acceptors (Lipinski definition) is 4. The van der Waals surface area contributed by atoms with E-state index in [1.165, 1.54) is 64.7 Å². The SMILES string of the molecule is c1ccc(-c2nc(-c3cccc(-c4ccc5c(c4)-c4ccccc4C54c5ccccc5-c5ccccc54)c3)nc(-c3cccc4sc5ccccc5c34)n2)cc1. The fourth-order valence-electron chi connectivity index (χ4n) is 9.42. The van der Waals surface area contributed by atoms with Gasteiger partial charge in [0, 0.05) is 36.9 Å². The molecule has 2 heterocycles. The van der Waals surface area contributed by atoms with Gasteiger partial charge in [-0.05, 0) is 79.9 Å². The summed E-state index contributed by atoms with van der Waals surface area (Å²) in [7, 11) is 0. The minimum absolute atomic E-state index is 0.356. The van der Waals surface area contributed by atoms with Crippen LogP contribution in [0.25, 0.3) is 87.7 Å². The molecule has 0 saturated carbocycles. The van der Waals surface area contributed by atoms with Gasteiger partial charge in [0.15, 0.2) is 17.5 Å². The molecule has 12 rings (SSSR count). The Morgan fingerprint density at radius 3 is 1.57 bits per heavy atom. The number of fused-ring (bicyclic) bond motifs is 13. The molecule has 2 aliphatic carbocycles. The van der Waals surface area contributed by atoms with Crippen LogP contribution in [0.3, 0.4) is 0 Å². The van der Waals surface area contributed by atoms with Crippen LogP contribution in [0.15, 0.2) is 188 Å². The number of hydrogen-bond donors (Lipinski definition) is 0. The first kappa shape index (κ1) is 31.4. The van der Waals surface area contributed by atoms with Gasteiger partial charge in [0.2, 0.25) is 0 Å². The van der Waals surface area contributed by atoms with Gasteiger partial charge < -0.3 is 0 Å². The van der Waals surface area contributed by atoms with Crippen LogP contribution in [-0.2, 0) is 5.41 Å². The first-order chi connectivity index (χ1) is 27.8. The first-order valence-corrected chi connectivity index (χ1v) is 19.8. The summed E-state index contributed by atoms with van der Waals surface area (Å²) >= 11 is 1.80. The lowest BCUT2D eigenvalue weighted by Gasteiger charge is -2.30. The number of thiophene rings is 1. The summed E-state index contributed by atoms with van der Waals surface area (Å²) in [5, 5.41) is 2.40. The molecule has 2 aliphatic rings. The number of rotatable bonds is 4. The van der Waals surface area contributed by atoms with E-state index in [1.54, 1.807) is 11.3 Å². The van der Waals surface area contributed by atoms with Crippen LogP contribution in [0.4, 0.5) is 0 Å². The van der Waals surface area contributed by atoms with Gasteiger partial charge in [-0.1, -0.05) is 164 Å². The lowest BCUT2D eigenvalue weighted by atomic mass is 9.70. The second-order valence-corrected chi connectivity index (χ2v) is 15.8. The van der Waals surface area contributed by atoms with Gasteiger partial charge in [-0.25, -0.2) is 15.0 Å². The van der Waals surface area contributed by atoms with Crippen molar-refractivity contribution in [2.45, 2.75) is 5.41 Å². The maximum absolute atomic E-state index is 5.23. The first-order valence-electron chi connectivity index (χ1n) is 19.0. The van der Waals surface area contributed by atoms with Gasteiger partial charge >= 0.3 is 0 Å². The highest BCUT2D eigenvalue weighted by Gasteiger charge is 2.51. The third kappa shape index (κ3) is 4.42. The second kappa shape index (κ2) is 12.0. The second-order valence-electron chi connectivity index (χ2n) is 14.7. The zero-order valence-electron chi connectivity index (χ0n) is 30.1. The lowest BCUT2D eigenvalue weighted by molar-refractivity contribution is 0.794. The smallest absolute Gasteiger partial charge is 0.164 e. The van der Waals surface area contributed by atoms with E-state index in [1.807, 2.05) is 18.2 Å². The van der Waals surface area contributed by atoms with Crippen molar-refractivity contribution in [1.82, 2.24) is 15.0 Å². The Hall–Kier alpha value is -7.01. The third-order valence-corrected chi connectivity index (χ3v) is 12.9. The van der Waals surface area contributed by atoms with Crippen molar-refractivity contribution in [3.8, 4) is 67.5 Å². The highest BCUT2D eigenvalue weighted by molar-refractivity contribution is 7.25. The Morgan fingerprint density at radius 1 is 0.321 bits per heavy atom. The number of benzene rings is 8. The van der Waals surface area contributed by atoms with Crippen LogP contribution in [0.2, 0.25) is 0 Å². The normalized spacial score (nSPS) is 13.1. The summed E-state index contributed by atoms with van der Waals surface area (Å²) in [5.41, 5.74) is 15.4. The largest absolute Gasteiger partial charge is 0.208 e. The van der Waals surface area contributed by atoms with Crippen molar-refractivity contribution in [3.05, 3.63) is 210 Å². The average molecular weight is 730 g/mol. The molecule has 1 spiro atoms. The summed E-state index contributed by atoms with van der Waals surface area (Å²) in [6.07, 6.45) is 0. The number of aromatic nitrogens is 3. The monoisotopic (exact) mass is 729 g/mol. The molecule has 0 N–H and O–H groups in total. The predicted octanol–water partition coefficient (Wildman–Crippen LogP) is 13.3. The van der Waals surface area contributed by atoms with Gasteiger partial charge in [0.1, 0.15) is 0 Å². The van der Waals surface area contributed by atoms with Gasteiger partial charge in [-0.2, -0.15) is 0 Å². The molecule has 0 radical (unpaired) electrons. The van der Waals surface area contributed by atoms with Gasteiger partial charge in [0.25, 0.3) is 0 Å². The van der Waals surface area contributed by atoms with Crippen LogP contribution in [-0.4, -0.2) is 15.0 Å². The van der Waals surface area contributed by atoms with E-state index in [0.717, 1.165) is 27.8 Å². The zero-order chi connectivity index (χ0) is 36.8. The van der Waals surface area contributed by atoms with Crippen molar-refractivity contribution in [3.63, 3.8) is 0 Å². The maximum Gasteiger partial charge on any atom is 0.164 e. The summed E-state index contributed by atoms with van der Waals surface area (Å²) in [5.74, 6) is 1.98. The van der Waals surface area contributed by atoms with E-state index < -0.39 is 0 Å². The summed E-state index contributed by atoms with van der Waals surface area (Å²) in [6.45, 7) is 0. The van der Waals surface area contributed by atoms with Crippen LogP contribution < -0.4 is 0 Å². The van der Waals surface area contributed by atoms with E-state index in [4.69, 9.17) is 15.0 Å². The van der Waals surface area contributed by atoms with Gasteiger partial charge in [-0.3, -0.25) is 0 Å².